The number of amides is 1. The molecule has 3 aromatic carbocycles. The molecule has 0 aromatic heterocycles. The molecule has 2 aliphatic heterocycles. The summed E-state index contributed by atoms with van der Waals surface area (Å²) in [4.78, 5) is 30.2. The zero-order chi connectivity index (χ0) is 27.9. The summed E-state index contributed by atoms with van der Waals surface area (Å²) in [6, 6.07) is 21.6. The van der Waals surface area contributed by atoms with E-state index >= 15 is 0 Å². The van der Waals surface area contributed by atoms with Crippen molar-refractivity contribution in [3.63, 3.8) is 0 Å². The van der Waals surface area contributed by atoms with Crippen molar-refractivity contribution in [3.8, 4) is 11.1 Å². The number of anilines is 1. The summed E-state index contributed by atoms with van der Waals surface area (Å²) in [7, 11) is 1.34. The molecule has 1 amide bonds. The third-order valence-electron chi connectivity index (χ3n) is 8.21. The summed E-state index contributed by atoms with van der Waals surface area (Å²) in [5.74, 6) is -0.471. The molecule has 1 fully saturated rings. The van der Waals surface area contributed by atoms with Gasteiger partial charge in [-0.25, -0.2) is 4.79 Å². The van der Waals surface area contributed by atoms with Crippen molar-refractivity contribution in [1.29, 1.82) is 0 Å². The van der Waals surface area contributed by atoms with Crippen LogP contribution in [0.25, 0.3) is 11.1 Å². The summed E-state index contributed by atoms with van der Waals surface area (Å²) in [5.41, 5.74) is 4.74. The number of esters is 1. The predicted molar refractivity (Wildman–Crippen MR) is 156 cm³/mol. The summed E-state index contributed by atoms with van der Waals surface area (Å²) < 4.78 is 4.69. The molecule has 2 unspecified atom stereocenters. The van der Waals surface area contributed by atoms with Gasteiger partial charge < -0.3 is 14.7 Å². The number of hydrogen-bond acceptors (Lipinski definition) is 5. The zero-order valence-electron chi connectivity index (χ0n) is 22.9. The maximum absolute atomic E-state index is 13.1. The first kappa shape index (κ1) is 27.2. The van der Waals surface area contributed by atoms with Gasteiger partial charge in [-0.3, -0.25) is 4.90 Å². The number of benzene rings is 3. The van der Waals surface area contributed by atoms with Crippen LogP contribution in [0.2, 0.25) is 5.02 Å². The average Bonchev–Trinajstić information content (AvgIpc) is 2.91. The Kier molecular flexibility index (Phi) is 7.18. The predicted octanol–water partition coefficient (Wildman–Crippen LogP) is 6.28. The molecule has 2 heterocycles. The Balaban J connectivity index is 1.49. The van der Waals surface area contributed by atoms with Gasteiger partial charge in [0.05, 0.1) is 24.4 Å². The Morgan fingerprint density at radius 1 is 1.05 bits per heavy atom. The lowest BCUT2D eigenvalue weighted by Crippen LogP contribution is -2.73. The maximum atomic E-state index is 13.1. The van der Waals surface area contributed by atoms with E-state index in [-0.39, 0.29) is 10.5 Å². The second-order valence-electron chi connectivity index (χ2n) is 11.4. The van der Waals surface area contributed by atoms with Gasteiger partial charge in [-0.1, -0.05) is 48.0 Å². The average molecular weight is 549 g/mol. The number of fused-ring (bicyclic) bond motifs is 3. The Bertz CT molecular complexity index is 1400. The van der Waals surface area contributed by atoms with E-state index in [1.807, 2.05) is 57.2 Å². The summed E-state index contributed by atoms with van der Waals surface area (Å²) in [6.45, 7) is 9.35. The molecule has 2 atom stereocenters. The molecule has 7 nitrogen and oxygen atoms in total. The number of piperazine rings is 1. The molecule has 5 rings (SSSR count). The Morgan fingerprint density at radius 2 is 1.77 bits per heavy atom. The monoisotopic (exact) mass is 548 g/mol. The van der Waals surface area contributed by atoms with E-state index in [9.17, 15) is 14.7 Å². The first-order valence-corrected chi connectivity index (χ1v) is 13.6. The number of carbonyl (C=O) groups excluding carboxylic acids is 1. The molecule has 8 heteroatoms. The van der Waals surface area contributed by atoms with Gasteiger partial charge in [0.25, 0.3) is 0 Å². The number of quaternary nitrogens is 1. The lowest BCUT2D eigenvalue weighted by Gasteiger charge is -2.54. The zero-order valence-corrected chi connectivity index (χ0v) is 23.6. The van der Waals surface area contributed by atoms with Gasteiger partial charge in [-0.2, -0.15) is 9.28 Å². The van der Waals surface area contributed by atoms with E-state index < -0.39 is 17.6 Å². The molecule has 3 aromatic rings. The molecule has 0 spiro atoms. The number of nitrogens with zero attached hydrogens (tertiary/aromatic N) is 3. The van der Waals surface area contributed by atoms with Crippen molar-refractivity contribution >= 4 is 35.0 Å². The van der Waals surface area contributed by atoms with E-state index in [4.69, 9.17) is 16.3 Å². The smallest absolute Gasteiger partial charge is 0.465 e. The SMILES string of the molecule is COC(=O)c1ccc2c(c1)[N+](C(=O)O)(C(C)(C)C)CC1CN(Cc3ccccc3-c3ccc(Cl)cc3)CCN21. The molecule has 0 aliphatic carbocycles. The topological polar surface area (TPSA) is 70.1 Å². The van der Waals surface area contributed by atoms with E-state index in [0.29, 0.717) is 22.8 Å². The van der Waals surface area contributed by atoms with Gasteiger partial charge in [-0.05, 0) is 61.7 Å². The summed E-state index contributed by atoms with van der Waals surface area (Å²) >= 11 is 6.13. The molecule has 1 N–H and O–H groups in total. The molecule has 0 bridgehead atoms. The Morgan fingerprint density at radius 3 is 2.44 bits per heavy atom. The maximum Gasteiger partial charge on any atom is 0.519 e. The highest BCUT2D eigenvalue weighted by molar-refractivity contribution is 6.30. The fraction of sp³-hybridized carbons (Fsp3) is 0.355. The second-order valence-corrected chi connectivity index (χ2v) is 11.8. The van der Waals surface area contributed by atoms with Crippen molar-refractivity contribution in [2.75, 3.05) is 38.2 Å². The van der Waals surface area contributed by atoms with Crippen molar-refractivity contribution in [2.24, 2.45) is 0 Å². The van der Waals surface area contributed by atoms with Crippen LogP contribution in [0.15, 0.2) is 66.7 Å². The molecule has 0 radical (unpaired) electrons. The number of rotatable bonds is 4. The van der Waals surface area contributed by atoms with Gasteiger partial charge in [0.2, 0.25) is 0 Å². The molecule has 0 saturated carbocycles. The van der Waals surface area contributed by atoms with Gasteiger partial charge in [-0.15, -0.1) is 0 Å². The summed E-state index contributed by atoms with van der Waals surface area (Å²) in [6.07, 6.45) is -0.921. The summed E-state index contributed by atoms with van der Waals surface area (Å²) in [5, 5.41) is 11.5. The van der Waals surface area contributed by atoms with E-state index in [1.165, 1.54) is 18.2 Å². The van der Waals surface area contributed by atoms with Gasteiger partial charge in [0, 0.05) is 37.3 Å². The molecular formula is C31H35ClN3O4+. The van der Waals surface area contributed by atoms with Crippen molar-refractivity contribution in [3.05, 3.63) is 82.9 Å². The normalized spacial score (nSPS) is 21.2. The number of ether oxygens (including phenoxy) is 1. The van der Waals surface area contributed by atoms with E-state index in [2.05, 4.69) is 28.0 Å². The lowest BCUT2D eigenvalue weighted by atomic mass is 9.91. The Labute approximate surface area is 234 Å². The number of methoxy groups -OCH3 is 1. The quantitative estimate of drug-likeness (QED) is 0.305. The molecule has 1 saturated heterocycles. The van der Waals surface area contributed by atoms with Crippen LogP contribution in [0.4, 0.5) is 16.2 Å². The first-order valence-electron chi connectivity index (χ1n) is 13.2. The van der Waals surface area contributed by atoms with Crippen LogP contribution >= 0.6 is 11.6 Å². The van der Waals surface area contributed by atoms with Crippen LogP contribution in [0.3, 0.4) is 0 Å². The van der Waals surface area contributed by atoms with Crippen molar-refractivity contribution < 1.29 is 19.4 Å². The number of halogens is 1. The second kappa shape index (κ2) is 10.3. The fourth-order valence-electron chi connectivity index (χ4n) is 6.18. The third kappa shape index (κ3) is 4.80. The highest BCUT2D eigenvalue weighted by atomic mass is 35.5. The van der Waals surface area contributed by atoms with Crippen LogP contribution in [-0.2, 0) is 11.3 Å². The van der Waals surface area contributed by atoms with Crippen molar-refractivity contribution in [1.82, 2.24) is 9.38 Å². The van der Waals surface area contributed by atoms with Gasteiger partial charge >= 0.3 is 12.1 Å². The van der Waals surface area contributed by atoms with Crippen molar-refractivity contribution in [2.45, 2.75) is 38.9 Å². The lowest BCUT2D eigenvalue weighted by molar-refractivity contribution is 0.0597. The minimum Gasteiger partial charge on any atom is -0.465 e. The molecular weight excluding hydrogens is 514 g/mol. The first-order chi connectivity index (χ1) is 18.5. The number of hydrogen-bond donors (Lipinski definition) is 1. The third-order valence-corrected chi connectivity index (χ3v) is 8.46. The van der Waals surface area contributed by atoms with Crippen LogP contribution in [0.5, 0.6) is 0 Å². The highest BCUT2D eigenvalue weighted by Crippen LogP contribution is 2.47. The van der Waals surface area contributed by atoms with Crippen LogP contribution in [-0.4, -0.2) is 66.9 Å². The highest BCUT2D eigenvalue weighted by Gasteiger charge is 2.57. The van der Waals surface area contributed by atoms with Crippen LogP contribution in [0.1, 0.15) is 36.7 Å². The number of carbonyl (C=O) groups is 2. The van der Waals surface area contributed by atoms with Crippen LogP contribution in [0, 0.1) is 0 Å². The number of carboxylic acid groups (broad SMARTS) is 1. The van der Waals surface area contributed by atoms with E-state index in [1.54, 1.807) is 12.1 Å². The minimum absolute atomic E-state index is 0.00625. The molecule has 2 aliphatic rings. The standard InChI is InChI=1S/C31H34ClN3O4/c1-31(2,3)35(30(37)38)20-25-19-33(15-16-34(25)27-14-11-22(17-28(27)35)29(36)39-4)18-23-7-5-6-8-26(23)21-9-12-24(32)13-10-21/h5-14,17,25H,15-16,18-20H2,1-4H3/p+1. The van der Waals surface area contributed by atoms with Gasteiger partial charge in [0.1, 0.15) is 12.1 Å². The minimum atomic E-state index is -0.921. The van der Waals surface area contributed by atoms with E-state index in [0.717, 1.165) is 37.4 Å². The molecule has 204 valence electrons. The van der Waals surface area contributed by atoms with Gasteiger partial charge in [0.15, 0.2) is 5.69 Å². The fourth-order valence-corrected chi connectivity index (χ4v) is 6.31. The van der Waals surface area contributed by atoms with Crippen LogP contribution < -0.4 is 9.38 Å². The largest absolute Gasteiger partial charge is 0.519 e. The molecule has 39 heavy (non-hydrogen) atoms. The Hall–Kier alpha value is -3.39.